The van der Waals surface area contributed by atoms with Gasteiger partial charge < -0.3 is 9.64 Å². The number of aromatic nitrogens is 2. The van der Waals surface area contributed by atoms with Crippen molar-refractivity contribution in [2.75, 3.05) is 38.2 Å². The van der Waals surface area contributed by atoms with Gasteiger partial charge in [-0.1, -0.05) is 6.07 Å². The number of fused-ring (bicyclic) bond motifs is 1. The Morgan fingerprint density at radius 3 is 2.79 bits per heavy atom. The van der Waals surface area contributed by atoms with E-state index in [2.05, 4.69) is 45.7 Å². The van der Waals surface area contributed by atoms with E-state index in [0.29, 0.717) is 12.1 Å². The maximum Gasteiger partial charge on any atom is 0.316 e. The molecule has 1 aromatic carbocycles. The third kappa shape index (κ3) is 2.93. The standard InChI is InChI=1S/C19H26N4O/c1-13-4-7-17(16-10-20-19(24-3)21-18(13)16)23-9-8-22(14(2)11-23)12-15-5-6-15/h4,7,10,14-15H,5-6,8-9,11-12H2,1-3H3. The second-order valence-electron chi connectivity index (χ2n) is 7.25. The molecule has 1 aliphatic heterocycles. The zero-order chi connectivity index (χ0) is 16.7. The summed E-state index contributed by atoms with van der Waals surface area (Å²) in [6.45, 7) is 9.01. The molecule has 1 aliphatic carbocycles. The zero-order valence-corrected chi connectivity index (χ0v) is 14.8. The van der Waals surface area contributed by atoms with Crippen LogP contribution in [0.1, 0.15) is 25.3 Å². The molecular weight excluding hydrogens is 300 g/mol. The summed E-state index contributed by atoms with van der Waals surface area (Å²) in [6, 6.07) is 5.41. The van der Waals surface area contributed by atoms with Crippen molar-refractivity contribution in [1.29, 1.82) is 0 Å². The number of hydrogen-bond acceptors (Lipinski definition) is 5. The van der Waals surface area contributed by atoms with Gasteiger partial charge in [-0.05, 0) is 44.2 Å². The van der Waals surface area contributed by atoms with Crippen LogP contribution in [0.15, 0.2) is 18.3 Å². The third-order valence-corrected chi connectivity index (χ3v) is 5.39. The van der Waals surface area contributed by atoms with Crippen molar-refractivity contribution in [2.45, 2.75) is 32.7 Å². The average molecular weight is 326 g/mol. The molecule has 5 heteroatoms. The maximum absolute atomic E-state index is 5.19. The third-order valence-electron chi connectivity index (χ3n) is 5.39. The largest absolute Gasteiger partial charge is 0.467 e. The molecule has 0 N–H and O–H groups in total. The van der Waals surface area contributed by atoms with Crippen LogP contribution in [0.3, 0.4) is 0 Å². The number of anilines is 1. The Labute approximate surface area is 143 Å². The number of methoxy groups -OCH3 is 1. The first kappa shape index (κ1) is 15.6. The number of benzene rings is 1. The fourth-order valence-corrected chi connectivity index (χ4v) is 3.72. The van der Waals surface area contributed by atoms with Crippen molar-refractivity contribution < 1.29 is 4.74 Å². The molecule has 1 saturated carbocycles. The van der Waals surface area contributed by atoms with E-state index < -0.39 is 0 Å². The normalized spacial score (nSPS) is 22.1. The number of aryl methyl sites for hydroxylation is 1. The van der Waals surface area contributed by atoms with Crippen molar-refractivity contribution in [3.05, 3.63) is 23.9 Å². The van der Waals surface area contributed by atoms with Crippen LogP contribution in [0.4, 0.5) is 5.69 Å². The smallest absolute Gasteiger partial charge is 0.316 e. The van der Waals surface area contributed by atoms with Crippen molar-refractivity contribution in [2.24, 2.45) is 5.92 Å². The molecule has 4 rings (SSSR count). The monoisotopic (exact) mass is 326 g/mol. The summed E-state index contributed by atoms with van der Waals surface area (Å²) in [7, 11) is 1.61. The van der Waals surface area contributed by atoms with Crippen LogP contribution in [0, 0.1) is 12.8 Å². The van der Waals surface area contributed by atoms with E-state index in [4.69, 9.17) is 4.74 Å². The fraction of sp³-hybridized carbons (Fsp3) is 0.579. The van der Waals surface area contributed by atoms with E-state index in [0.717, 1.165) is 42.0 Å². The summed E-state index contributed by atoms with van der Waals surface area (Å²) in [5, 5.41) is 1.12. The molecule has 1 atom stereocenters. The molecule has 0 bridgehead atoms. The van der Waals surface area contributed by atoms with Crippen LogP contribution in [0.25, 0.3) is 10.9 Å². The number of ether oxygens (including phenoxy) is 1. The quantitative estimate of drug-likeness (QED) is 0.864. The fourth-order valence-electron chi connectivity index (χ4n) is 3.72. The van der Waals surface area contributed by atoms with Gasteiger partial charge in [-0.3, -0.25) is 4.90 Å². The number of piperazine rings is 1. The second-order valence-corrected chi connectivity index (χ2v) is 7.25. The highest BCUT2D eigenvalue weighted by atomic mass is 16.5. The van der Waals surface area contributed by atoms with Crippen LogP contribution in [-0.4, -0.2) is 54.2 Å². The van der Waals surface area contributed by atoms with E-state index in [1.807, 2.05) is 6.20 Å². The molecular formula is C19H26N4O. The predicted octanol–water partition coefficient (Wildman–Crippen LogP) is 2.87. The Bertz CT molecular complexity index is 743. The lowest BCUT2D eigenvalue weighted by atomic mass is 10.1. The van der Waals surface area contributed by atoms with Gasteiger partial charge in [0.2, 0.25) is 0 Å². The van der Waals surface area contributed by atoms with E-state index in [1.165, 1.54) is 25.1 Å². The molecule has 5 nitrogen and oxygen atoms in total. The van der Waals surface area contributed by atoms with Crippen LogP contribution < -0.4 is 9.64 Å². The highest BCUT2D eigenvalue weighted by Gasteiger charge is 2.30. The number of nitrogens with zero attached hydrogens (tertiary/aromatic N) is 4. The van der Waals surface area contributed by atoms with Gasteiger partial charge in [0.15, 0.2) is 0 Å². The number of hydrogen-bond donors (Lipinski definition) is 0. The van der Waals surface area contributed by atoms with Crippen LogP contribution in [-0.2, 0) is 0 Å². The van der Waals surface area contributed by atoms with E-state index in [1.54, 1.807) is 7.11 Å². The van der Waals surface area contributed by atoms with Gasteiger partial charge in [0.25, 0.3) is 0 Å². The first-order valence-corrected chi connectivity index (χ1v) is 8.95. The molecule has 0 amide bonds. The van der Waals surface area contributed by atoms with Crippen molar-refractivity contribution >= 4 is 16.6 Å². The van der Waals surface area contributed by atoms with Gasteiger partial charge in [0.1, 0.15) is 0 Å². The summed E-state index contributed by atoms with van der Waals surface area (Å²) in [4.78, 5) is 14.0. The predicted molar refractivity (Wildman–Crippen MR) is 96.8 cm³/mol. The molecule has 2 fully saturated rings. The lowest BCUT2D eigenvalue weighted by molar-refractivity contribution is 0.182. The minimum absolute atomic E-state index is 0.436. The topological polar surface area (TPSA) is 41.5 Å². The van der Waals surface area contributed by atoms with Gasteiger partial charge >= 0.3 is 6.01 Å². The SMILES string of the molecule is COc1ncc2c(N3CCN(CC4CC4)C(C)C3)ccc(C)c2n1. The Hall–Kier alpha value is -1.88. The van der Waals surface area contributed by atoms with Gasteiger partial charge in [-0.2, -0.15) is 4.98 Å². The lowest BCUT2D eigenvalue weighted by Gasteiger charge is -2.41. The first-order valence-electron chi connectivity index (χ1n) is 8.95. The molecule has 1 saturated heterocycles. The maximum atomic E-state index is 5.19. The molecule has 1 unspecified atom stereocenters. The summed E-state index contributed by atoms with van der Waals surface area (Å²) in [5.41, 5.74) is 3.40. The lowest BCUT2D eigenvalue weighted by Crippen LogP contribution is -2.52. The van der Waals surface area contributed by atoms with E-state index in [9.17, 15) is 0 Å². The zero-order valence-electron chi connectivity index (χ0n) is 14.8. The van der Waals surface area contributed by atoms with E-state index >= 15 is 0 Å². The minimum Gasteiger partial charge on any atom is -0.467 e. The van der Waals surface area contributed by atoms with Crippen LogP contribution >= 0.6 is 0 Å². The van der Waals surface area contributed by atoms with E-state index in [-0.39, 0.29) is 0 Å². The molecule has 128 valence electrons. The Morgan fingerprint density at radius 2 is 2.08 bits per heavy atom. The van der Waals surface area contributed by atoms with Crippen LogP contribution in [0.5, 0.6) is 6.01 Å². The summed E-state index contributed by atoms with van der Waals surface area (Å²) in [6.07, 6.45) is 4.76. The summed E-state index contributed by atoms with van der Waals surface area (Å²) >= 11 is 0. The molecule has 2 aliphatic rings. The molecule has 0 spiro atoms. The molecule has 1 aromatic heterocycles. The van der Waals surface area contributed by atoms with Gasteiger partial charge in [-0.25, -0.2) is 4.98 Å². The van der Waals surface area contributed by atoms with Crippen LogP contribution in [0.2, 0.25) is 0 Å². The van der Waals surface area contributed by atoms with Crippen molar-refractivity contribution in [3.8, 4) is 6.01 Å². The minimum atomic E-state index is 0.436. The Morgan fingerprint density at radius 1 is 1.25 bits per heavy atom. The first-order chi connectivity index (χ1) is 11.7. The van der Waals surface area contributed by atoms with Crippen molar-refractivity contribution in [3.63, 3.8) is 0 Å². The summed E-state index contributed by atoms with van der Waals surface area (Å²) in [5.74, 6) is 0.958. The van der Waals surface area contributed by atoms with Gasteiger partial charge in [0, 0.05) is 49.5 Å². The molecule has 0 radical (unpaired) electrons. The number of rotatable bonds is 4. The summed E-state index contributed by atoms with van der Waals surface area (Å²) < 4.78 is 5.19. The second kappa shape index (κ2) is 6.20. The van der Waals surface area contributed by atoms with Gasteiger partial charge in [-0.15, -0.1) is 0 Å². The Kier molecular flexibility index (Phi) is 4.04. The average Bonchev–Trinajstić information content (AvgIpc) is 3.41. The Balaban J connectivity index is 1.61. The molecule has 24 heavy (non-hydrogen) atoms. The van der Waals surface area contributed by atoms with Gasteiger partial charge in [0.05, 0.1) is 12.6 Å². The molecule has 2 heterocycles. The molecule has 2 aromatic rings. The van der Waals surface area contributed by atoms with Crippen molar-refractivity contribution in [1.82, 2.24) is 14.9 Å². The highest BCUT2D eigenvalue weighted by molar-refractivity contribution is 5.93. The highest BCUT2D eigenvalue weighted by Crippen LogP contribution is 2.33.